The number of hydrogen-bond donors (Lipinski definition) is 2. The van der Waals surface area contributed by atoms with Gasteiger partial charge in [-0.05, 0) is 95.6 Å². The van der Waals surface area contributed by atoms with E-state index in [4.69, 9.17) is 9.47 Å². The molecular weight excluding hydrogens is 650 g/mol. The lowest BCUT2D eigenvalue weighted by molar-refractivity contribution is -0.163. The van der Waals surface area contributed by atoms with Gasteiger partial charge in [-0.3, -0.25) is 14.5 Å². The van der Waals surface area contributed by atoms with Crippen LogP contribution in [0.5, 0.6) is 11.5 Å². The number of aryl methyl sites for hydroxylation is 2. The number of nitrogens with zero attached hydrogens (tertiary/aromatic N) is 1. The molecule has 7 heteroatoms. The van der Waals surface area contributed by atoms with E-state index in [0.717, 1.165) is 33.4 Å². The summed E-state index contributed by atoms with van der Waals surface area (Å²) in [5.41, 5.74) is 4.26. The van der Waals surface area contributed by atoms with Gasteiger partial charge in [0, 0.05) is 43.3 Å². The van der Waals surface area contributed by atoms with Gasteiger partial charge in [0.05, 0.1) is 0 Å². The third kappa shape index (κ3) is 11.0. The summed E-state index contributed by atoms with van der Waals surface area (Å²) in [6.07, 6.45) is 2.55. The van der Waals surface area contributed by atoms with E-state index in [1.807, 2.05) is 18.2 Å². The van der Waals surface area contributed by atoms with Gasteiger partial charge in [0.1, 0.15) is 24.2 Å². The fourth-order valence-corrected chi connectivity index (χ4v) is 7.84. The lowest BCUT2D eigenvalue weighted by atomic mass is 9.78. The number of carbonyl (C=O) groups excluding carboxylic acids is 2. The van der Waals surface area contributed by atoms with Crippen LogP contribution in [0.3, 0.4) is 0 Å². The quantitative estimate of drug-likeness (QED) is 0.236. The number of rotatable bonds is 10. The van der Waals surface area contributed by atoms with Crippen molar-refractivity contribution in [3.05, 3.63) is 57.6 Å². The Kier molecular flexibility index (Phi) is 12.8. The smallest absolute Gasteiger partial charge is 0.306 e. The highest BCUT2D eigenvalue weighted by atomic mass is 16.5. The lowest BCUT2D eigenvalue weighted by Gasteiger charge is -2.54. The summed E-state index contributed by atoms with van der Waals surface area (Å²) < 4.78 is 11.9. The molecule has 0 saturated carbocycles. The van der Waals surface area contributed by atoms with Crippen LogP contribution in [0.1, 0.15) is 170 Å². The number of phenolic OH excluding ortho intramolecular Hbond substituents is 2. The zero-order valence-electron chi connectivity index (χ0n) is 35.5. The van der Waals surface area contributed by atoms with Crippen molar-refractivity contribution >= 4 is 11.9 Å². The molecule has 1 aliphatic rings. The molecule has 3 rings (SSSR count). The Hall–Kier alpha value is -3.06. The second-order valence-electron chi connectivity index (χ2n) is 20.6. The second kappa shape index (κ2) is 15.4. The largest absolute Gasteiger partial charge is 0.507 e. The molecule has 1 aliphatic heterocycles. The van der Waals surface area contributed by atoms with Gasteiger partial charge in [0.25, 0.3) is 0 Å². The maximum Gasteiger partial charge on any atom is 0.306 e. The van der Waals surface area contributed by atoms with E-state index in [-0.39, 0.29) is 76.0 Å². The molecule has 2 aromatic rings. The first-order valence-electron chi connectivity index (χ1n) is 19.3. The number of benzene rings is 2. The maximum atomic E-state index is 13.2. The van der Waals surface area contributed by atoms with Gasteiger partial charge < -0.3 is 19.7 Å². The predicted octanol–water partition coefficient (Wildman–Crippen LogP) is 9.96. The monoisotopic (exact) mass is 722 g/mol. The molecule has 0 aliphatic carbocycles. The summed E-state index contributed by atoms with van der Waals surface area (Å²) >= 11 is 0. The van der Waals surface area contributed by atoms with Gasteiger partial charge in [0.15, 0.2) is 0 Å². The number of aromatic hydroxyl groups is 2. The van der Waals surface area contributed by atoms with Crippen LogP contribution >= 0.6 is 0 Å². The van der Waals surface area contributed by atoms with Crippen molar-refractivity contribution in [2.24, 2.45) is 0 Å². The molecule has 1 heterocycles. The summed E-state index contributed by atoms with van der Waals surface area (Å²) in [7, 11) is 0. The van der Waals surface area contributed by atoms with E-state index in [1.54, 1.807) is 0 Å². The Morgan fingerprint density at radius 2 is 1.13 bits per heavy atom. The van der Waals surface area contributed by atoms with Gasteiger partial charge in [-0.25, -0.2) is 0 Å². The first-order chi connectivity index (χ1) is 23.4. The van der Waals surface area contributed by atoms with Crippen LogP contribution in [0.2, 0.25) is 0 Å². The normalized spacial score (nSPS) is 17.2. The van der Waals surface area contributed by atoms with Crippen molar-refractivity contribution in [1.82, 2.24) is 4.90 Å². The summed E-state index contributed by atoms with van der Waals surface area (Å²) in [6.45, 7) is 34.8. The molecule has 1 fully saturated rings. The van der Waals surface area contributed by atoms with Crippen LogP contribution in [0.25, 0.3) is 0 Å². The Morgan fingerprint density at radius 3 is 1.60 bits per heavy atom. The number of carbonyl (C=O) groups is 2. The van der Waals surface area contributed by atoms with Gasteiger partial charge >= 0.3 is 11.9 Å². The van der Waals surface area contributed by atoms with Gasteiger partial charge in [-0.2, -0.15) is 0 Å². The molecular formula is C45H71NO6. The molecule has 0 atom stereocenters. The minimum absolute atomic E-state index is 0.0882. The highest BCUT2D eigenvalue weighted by molar-refractivity contribution is 5.70. The van der Waals surface area contributed by atoms with Crippen LogP contribution in [0.4, 0.5) is 0 Å². The maximum absolute atomic E-state index is 13.2. The first kappa shape index (κ1) is 43.3. The number of piperidine rings is 1. The topological polar surface area (TPSA) is 96.3 Å². The van der Waals surface area contributed by atoms with Gasteiger partial charge in [0.2, 0.25) is 0 Å². The van der Waals surface area contributed by atoms with Crippen LogP contribution in [-0.4, -0.2) is 57.4 Å². The Labute approximate surface area is 315 Å². The van der Waals surface area contributed by atoms with Gasteiger partial charge in [-0.15, -0.1) is 0 Å². The van der Waals surface area contributed by atoms with Crippen LogP contribution in [-0.2, 0) is 53.6 Å². The summed E-state index contributed by atoms with van der Waals surface area (Å²) in [5.74, 6) is 0.116. The number of ether oxygens (including phenoxy) is 2. The zero-order chi connectivity index (χ0) is 39.8. The molecule has 2 N–H and O–H groups in total. The molecule has 7 nitrogen and oxygen atoms in total. The van der Waals surface area contributed by atoms with Crippen LogP contribution < -0.4 is 0 Å². The van der Waals surface area contributed by atoms with Crippen LogP contribution in [0.15, 0.2) is 24.3 Å². The molecule has 0 amide bonds. The van der Waals surface area contributed by atoms with Crippen molar-refractivity contribution in [3.63, 3.8) is 0 Å². The predicted molar refractivity (Wildman–Crippen MR) is 213 cm³/mol. The Bertz CT molecular complexity index is 1540. The fourth-order valence-electron chi connectivity index (χ4n) is 7.84. The molecule has 0 aromatic heterocycles. The fraction of sp³-hybridized carbons (Fsp3) is 0.689. The Morgan fingerprint density at radius 1 is 0.673 bits per heavy atom. The molecule has 0 unspecified atom stereocenters. The molecule has 52 heavy (non-hydrogen) atoms. The molecule has 0 radical (unpaired) electrons. The summed E-state index contributed by atoms with van der Waals surface area (Å²) in [4.78, 5) is 28.5. The minimum atomic E-state index is -0.290. The van der Waals surface area contributed by atoms with E-state index < -0.39 is 0 Å². The lowest BCUT2D eigenvalue weighted by Crippen LogP contribution is -2.63. The number of hydrogen-bond acceptors (Lipinski definition) is 7. The molecule has 2 aromatic carbocycles. The first-order valence-corrected chi connectivity index (χ1v) is 19.3. The number of likely N-dealkylation sites (tertiary alicyclic amines) is 1. The van der Waals surface area contributed by atoms with E-state index in [2.05, 4.69) is 122 Å². The van der Waals surface area contributed by atoms with E-state index in [0.29, 0.717) is 38.0 Å². The van der Waals surface area contributed by atoms with Crippen molar-refractivity contribution < 1.29 is 29.3 Å². The molecule has 0 spiro atoms. The Balaban J connectivity index is 1.59. The summed E-state index contributed by atoms with van der Waals surface area (Å²) in [5, 5.41) is 22.2. The van der Waals surface area contributed by atoms with E-state index >= 15 is 0 Å². The van der Waals surface area contributed by atoms with E-state index in [1.165, 1.54) is 0 Å². The molecule has 1 saturated heterocycles. The van der Waals surface area contributed by atoms with Crippen molar-refractivity contribution in [1.29, 1.82) is 0 Å². The minimum Gasteiger partial charge on any atom is -0.507 e. The molecule has 0 bridgehead atoms. The average Bonchev–Trinajstić information content (AvgIpc) is 2.94. The number of phenols is 2. The highest BCUT2D eigenvalue weighted by Gasteiger charge is 2.46. The SMILES string of the molecule is CC(C)(C)c1cc(CCC(=O)OCCN2C(C)(C)CC(OC(=O)CCc3cc(C(C)(C)C)c(O)c(C(C)(C)C)c3)CC2(C)C)c(O)c(C(C)(C)C)c1. The van der Waals surface area contributed by atoms with Gasteiger partial charge in [-0.1, -0.05) is 107 Å². The highest BCUT2D eigenvalue weighted by Crippen LogP contribution is 2.42. The van der Waals surface area contributed by atoms with Crippen molar-refractivity contribution in [3.8, 4) is 11.5 Å². The van der Waals surface area contributed by atoms with E-state index in [9.17, 15) is 19.8 Å². The number of esters is 2. The second-order valence-corrected chi connectivity index (χ2v) is 20.6. The molecule has 292 valence electrons. The average molecular weight is 722 g/mol. The van der Waals surface area contributed by atoms with Crippen molar-refractivity contribution in [2.45, 2.75) is 188 Å². The summed E-state index contributed by atoms with van der Waals surface area (Å²) in [6, 6.07) is 8.19. The third-order valence-corrected chi connectivity index (χ3v) is 10.7. The third-order valence-electron chi connectivity index (χ3n) is 10.7. The van der Waals surface area contributed by atoms with Crippen LogP contribution in [0, 0.1) is 0 Å². The van der Waals surface area contributed by atoms with Crippen molar-refractivity contribution in [2.75, 3.05) is 13.2 Å². The zero-order valence-corrected chi connectivity index (χ0v) is 35.5. The standard InChI is InChI=1S/C45H71NO6/c1-40(2,3)31-25-30(38(49)35(26-31)43(10,11)12)18-20-36(47)51-22-21-46-44(13,14)27-32(28-45(46,15)16)52-37(48)19-17-29-23-33(41(4,5)6)39(50)34(24-29)42(7,8)9/h23-26,32,49-50H,17-22,27-28H2,1-16H3.